The number of hydrogen-bond donors (Lipinski definition) is 3. The molecule has 0 aliphatic heterocycles. The molecule has 0 amide bonds. The van der Waals surface area contributed by atoms with Crippen LogP contribution in [-0.2, 0) is 6.54 Å². The number of methoxy groups -OCH3 is 2. The largest absolute Gasteiger partial charge is 0.493 e. The number of hydrogen-bond acceptors (Lipinski definition) is 4. The van der Waals surface area contributed by atoms with Crippen molar-refractivity contribution in [3.8, 4) is 11.5 Å². The van der Waals surface area contributed by atoms with Crippen molar-refractivity contribution in [3.05, 3.63) is 22.2 Å². The molecule has 0 saturated heterocycles. The fourth-order valence-corrected chi connectivity index (χ4v) is 3.36. The smallest absolute Gasteiger partial charge is 0.191 e. The lowest BCUT2D eigenvalue weighted by Gasteiger charge is -2.27. The number of aliphatic imine (C=N–C) groups is 1. The first kappa shape index (κ1) is 23.3. The Labute approximate surface area is 181 Å². The van der Waals surface area contributed by atoms with Crippen LogP contribution in [0.1, 0.15) is 38.2 Å². The van der Waals surface area contributed by atoms with Gasteiger partial charge in [-0.15, -0.1) is 24.0 Å². The Hall–Kier alpha value is -0.740. The first-order valence-corrected chi connectivity index (χ1v) is 9.50. The van der Waals surface area contributed by atoms with Crippen LogP contribution in [0.2, 0.25) is 0 Å². The zero-order valence-electron chi connectivity index (χ0n) is 15.5. The number of nitrogens with zero attached hydrogens (tertiary/aromatic N) is 1. The van der Waals surface area contributed by atoms with E-state index in [4.69, 9.17) is 14.5 Å². The molecule has 0 aromatic heterocycles. The minimum absolute atomic E-state index is 0. The molecule has 0 radical (unpaired) electrons. The summed E-state index contributed by atoms with van der Waals surface area (Å²) in [5, 5.41) is 16.4. The predicted molar refractivity (Wildman–Crippen MR) is 119 cm³/mol. The van der Waals surface area contributed by atoms with Gasteiger partial charge in [0.2, 0.25) is 0 Å². The van der Waals surface area contributed by atoms with Gasteiger partial charge in [-0.25, -0.2) is 4.99 Å². The first-order valence-electron chi connectivity index (χ1n) is 8.70. The van der Waals surface area contributed by atoms with Crippen LogP contribution >= 0.6 is 39.9 Å². The zero-order chi connectivity index (χ0) is 18.2. The van der Waals surface area contributed by atoms with Gasteiger partial charge in [-0.05, 0) is 50.3 Å². The predicted octanol–water partition coefficient (Wildman–Crippen LogP) is 3.44. The molecular weight excluding hydrogens is 513 g/mol. The first-order chi connectivity index (χ1) is 12.1. The number of nitrogens with one attached hydrogen (secondary N) is 2. The normalized spacial score (nSPS) is 20.1. The highest BCUT2D eigenvalue weighted by Crippen LogP contribution is 2.33. The highest BCUT2D eigenvalue weighted by molar-refractivity contribution is 14.0. The lowest BCUT2D eigenvalue weighted by Crippen LogP contribution is -2.45. The van der Waals surface area contributed by atoms with Gasteiger partial charge in [0.1, 0.15) is 0 Å². The molecule has 0 atom stereocenters. The second kappa shape index (κ2) is 11.9. The summed E-state index contributed by atoms with van der Waals surface area (Å²) in [6.07, 6.45) is 3.47. The standard InChI is InChI=1S/C18H28BrN3O3.HI/c1-4-20-18(22-13-5-7-14(23)8-6-13)21-11-12-9-16(24-2)17(25-3)10-15(12)19;/h9-10,13-14,23H,4-8,11H2,1-3H3,(H2,20,21,22);1H. The van der Waals surface area contributed by atoms with Crippen molar-refractivity contribution < 1.29 is 14.6 Å². The number of aliphatic hydroxyl groups is 1. The van der Waals surface area contributed by atoms with Crippen molar-refractivity contribution in [3.63, 3.8) is 0 Å². The molecule has 1 aromatic rings. The van der Waals surface area contributed by atoms with Crippen molar-refractivity contribution >= 4 is 45.9 Å². The topological polar surface area (TPSA) is 75.1 Å². The molecule has 1 saturated carbocycles. The molecule has 0 bridgehead atoms. The quantitative estimate of drug-likeness (QED) is 0.292. The van der Waals surface area contributed by atoms with Gasteiger partial charge in [0, 0.05) is 17.1 Å². The van der Waals surface area contributed by atoms with E-state index >= 15 is 0 Å². The Morgan fingerprint density at radius 1 is 1.19 bits per heavy atom. The van der Waals surface area contributed by atoms with Gasteiger partial charge < -0.3 is 25.2 Å². The molecule has 26 heavy (non-hydrogen) atoms. The maximum absolute atomic E-state index is 9.64. The Balaban J connectivity index is 0.00000338. The van der Waals surface area contributed by atoms with Gasteiger partial charge in [-0.2, -0.15) is 0 Å². The third-order valence-corrected chi connectivity index (χ3v) is 5.08. The van der Waals surface area contributed by atoms with Gasteiger partial charge in [0.25, 0.3) is 0 Å². The maximum atomic E-state index is 9.64. The average Bonchev–Trinajstić information content (AvgIpc) is 2.62. The molecule has 2 rings (SSSR count). The van der Waals surface area contributed by atoms with Crippen LogP contribution in [0.15, 0.2) is 21.6 Å². The lowest BCUT2D eigenvalue weighted by atomic mass is 9.93. The second-order valence-corrected chi connectivity index (χ2v) is 7.00. The summed E-state index contributed by atoms with van der Waals surface area (Å²) >= 11 is 3.57. The molecule has 1 aliphatic carbocycles. The number of rotatable bonds is 6. The Morgan fingerprint density at radius 3 is 2.38 bits per heavy atom. The van der Waals surface area contributed by atoms with Crippen molar-refractivity contribution in [1.82, 2.24) is 10.6 Å². The van der Waals surface area contributed by atoms with E-state index in [0.29, 0.717) is 24.1 Å². The fraction of sp³-hybridized carbons (Fsp3) is 0.611. The van der Waals surface area contributed by atoms with Crippen LogP contribution < -0.4 is 20.1 Å². The summed E-state index contributed by atoms with van der Waals surface area (Å²) in [4.78, 5) is 4.69. The summed E-state index contributed by atoms with van der Waals surface area (Å²) in [6, 6.07) is 4.19. The van der Waals surface area contributed by atoms with Crippen LogP contribution in [0.3, 0.4) is 0 Å². The number of guanidine groups is 1. The van der Waals surface area contributed by atoms with Gasteiger partial charge in [-0.3, -0.25) is 0 Å². The van der Waals surface area contributed by atoms with E-state index in [1.807, 2.05) is 19.1 Å². The summed E-state index contributed by atoms with van der Waals surface area (Å²) in [5.41, 5.74) is 1.02. The molecule has 0 unspecified atom stereocenters. The van der Waals surface area contributed by atoms with E-state index in [9.17, 15) is 5.11 Å². The van der Waals surface area contributed by atoms with Gasteiger partial charge in [-0.1, -0.05) is 15.9 Å². The molecule has 148 valence electrons. The molecule has 0 spiro atoms. The van der Waals surface area contributed by atoms with Gasteiger partial charge in [0.15, 0.2) is 17.5 Å². The van der Waals surface area contributed by atoms with Gasteiger partial charge >= 0.3 is 0 Å². The van der Waals surface area contributed by atoms with Crippen molar-refractivity contribution in [2.75, 3.05) is 20.8 Å². The maximum Gasteiger partial charge on any atom is 0.191 e. The summed E-state index contributed by atoms with van der Waals surface area (Å²) in [7, 11) is 3.25. The fourth-order valence-electron chi connectivity index (χ4n) is 2.92. The third kappa shape index (κ3) is 6.77. The van der Waals surface area contributed by atoms with E-state index in [2.05, 4.69) is 26.6 Å². The van der Waals surface area contributed by atoms with Crippen molar-refractivity contribution in [1.29, 1.82) is 0 Å². The second-order valence-electron chi connectivity index (χ2n) is 6.14. The molecule has 1 fully saturated rings. The number of benzene rings is 1. The molecular formula is C18H29BrIN3O3. The van der Waals surface area contributed by atoms with Gasteiger partial charge in [0.05, 0.1) is 26.9 Å². The monoisotopic (exact) mass is 541 g/mol. The Morgan fingerprint density at radius 2 is 1.81 bits per heavy atom. The number of halogens is 2. The zero-order valence-corrected chi connectivity index (χ0v) is 19.5. The summed E-state index contributed by atoms with van der Waals surface area (Å²) in [5.74, 6) is 2.17. The summed E-state index contributed by atoms with van der Waals surface area (Å²) in [6.45, 7) is 3.37. The molecule has 1 aromatic carbocycles. The van der Waals surface area contributed by atoms with Crippen LogP contribution in [0.4, 0.5) is 0 Å². The number of ether oxygens (including phenoxy) is 2. The molecule has 1 aliphatic rings. The molecule has 0 heterocycles. The average molecular weight is 542 g/mol. The Bertz CT molecular complexity index is 593. The van der Waals surface area contributed by atoms with Crippen LogP contribution in [0.25, 0.3) is 0 Å². The SMILES string of the molecule is CCNC(=NCc1cc(OC)c(OC)cc1Br)NC1CCC(O)CC1.I. The highest BCUT2D eigenvalue weighted by atomic mass is 127. The molecule has 8 heteroatoms. The highest BCUT2D eigenvalue weighted by Gasteiger charge is 2.20. The van der Waals surface area contributed by atoms with E-state index in [1.54, 1.807) is 14.2 Å². The van der Waals surface area contributed by atoms with E-state index in [1.165, 1.54) is 0 Å². The molecule has 6 nitrogen and oxygen atoms in total. The minimum atomic E-state index is -0.153. The summed E-state index contributed by atoms with van der Waals surface area (Å²) < 4.78 is 11.6. The van der Waals surface area contributed by atoms with Crippen LogP contribution in [-0.4, -0.2) is 44.0 Å². The third-order valence-electron chi connectivity index (χ3n) is 4.34. The lowest BCUT2D eigenvalue weighted by molar-refractivity contribution is 0.120. The van der Waals surface area contributed by atoms with E-state index < -0.39 is 0 Å². The van der Waals surface area contributed by atoms with Crippen molar-refractivity contribution in [2.45, 2.75) is 51.3 Å². The van der Waals surface area contributed by atoms with Crippen molar-refractivity contribution in [2.24, 2.45) is 4.99 Å². The minimum Gasteiger partial charge on any atom is -0.493 e. The van der Waals surface area contributed by atoms with Crippen LogP contribution in [0, 0.1) is 0 Å². The number of aliphatic hydroxyl groups excluding tert-OH is 1. The van der Waals surface area contributed by atoms with E-state index in [0.717, 1.165) is 48.2 Å². The molecule has 3 N–H and O–H groups in total. The van der Waals surface area contributed by atoms with E-state index in [-0.39, 0.29) is 30.1 Å². The Kier molecular flexibility index (Phi) is 10.6. The van der Waals surface area contributed by atoms with Crippen LogP contribution in [0.5, 0.6) is 11.5 Å².